The van der Waals surface area contributed by atoms with Crippen LogP contribution in [0.2, 0.25) is 0 Å². The summed E-state index contributed by atoms with van der Waals surface area (Å²) in [4.78, 5) is 14.9. The predicted molar refractivity (Wildman–Crippen MR) is 101 cm³/mol. The van der Waals surface area contributed by atoms with Crippen LogP contribution in [0.25, 0.3) is 0 Å². The molecular weight excluding hydrogens is 350 g/mol. The van der Waals surface area contributed by atoms with E-state index in [4.69, 9.17) is 23.7 Å². The molecule has 0 N–H and O–H groups in total. The van der Waals surface area contributed by atoms with Gasteiger partial charge in [-0.1, -0.05) is 0 Å². The number of nitrogens with zero attached hydrogens (tertiary/aromatic N) is 1. The average molecular weight is 373 g/mol. The molecular formula is C20H23NO6. The molecule has 1 amide bonds. The Kier molecular flexibility index (Phi) is 5.30. The number of hydrogen-bond donors (Lipinski definition) is 0. The Morgan fingerprint density at radius 2 is 1.33 bits per heavy atom. The van der Waals surface area contributed by atoms with Crippen molar-refractivity contribution in [1.29, 1.82) is 0 Å². The third-order valence-electron chi connectivity index (χ3n) is 4.64. The van der Waals surface area contributed by atoms with E-state index in [0.717, 1.165) is 17.7 Å². The molecule has 3 rings (SSSR count). The molecule has 0 bridgehead atoms. The second-order valence-electron chi connectivity index (χ2n) is 5.96. The zero-order valence-corrected chi connectivity index (χ0v) is 16.1. The zero-order valence-electron chi connectivity index (χ0n) is 16.1. The number of anilines is 1. The second-order valence-corrected chi connectivity index (χ2v) is 5.96. The van der Waals surface area contributed by atoms with Crippen LogP contribution in [-0.4, -0.2) is 48.0 Å². The third kappa shape index (κ3) is 3.20. The minimum atomic E-state index is -0.153. The van der Waals surface area contributed by atoms with Gasteiger partial charge in [-0.05, 0) is 30.2 Å². The maximum absolute atomic E-state index is 13.2. The number of hydrogen-bond acceptors (Lipinski definition) is 6. The molecule has 0 saturated heterocycles. The highest BCUT2D eigenvalue weighted by Crippen LogP contribution is 2.41. The highest BCUT2D eigenvalue weighted by atomic mass is 16.5. The summed E-state index contributed by atoms with van der Waals surface area (Å²) in [5, 5.41) is 0. The van der Waals surface area contributed by atoms with Crippen molar-refractivity contribution < 1.29 is 28.5 Å². The van der Waals surface area contributed by atoms with Crippen LogP contribution in [0.1, 0.15) is 15.9 Å². The molecule has 2 aromatic carbocycles. The molecule has 1 aliphatic rings. The van der Waals surface area contributed by atoms with Crippen molar-refractivity contribution in [2.24, 2.45) is 0 Å². The molecule has 7 nitrogen and oxygen atoms in total. The molecule has 0 aromatic heterocycles. The molecule has 1 aliphatic heterocycles. The summed E-state index contributed by atoms with van der Waals surface area (Å²) in [6.45, 7) is 0.571. The quantitative estimate of drug-likeness (QED) is 0.776. The molecule has 0 aliphatic carbocycles. The number of ether oxygens (including phenoxy) is 5. The minimum absolute atomic E-state index is 0.153. The lowest BCUT2D eigenvalue weighted by Crippen LogP contribution is -2.29. The molecule has 0 atom stereocenters. The van der Waals surface area contributed by atoms with Gasteiger partial charge in [-0.25, -0.2) is 0 Å². The third-order valence-corrected chi connectivity index (χ3v) is 4.64. The second kappa shape index (κ2) is 7.65. The van der Waals surface area contributed by atoms with E-state index in [0.29, 0.717) is 40.9 Å². The summed E-state index contributed by atoms with van der Waals surface area (Å²) in [5.41, 5.74) is 2.30. The average Bonchev–Trinajstić information content (AvgIpc) is 3.13. The van der Waals surface area contributed by atoms with E-state index in [1.54, 1.807) is 31.3 Å². The van der Waals surface area contributed by atoms with Gasteiger partial charge in [0.05, 0.1) is 41.2 Å². The van der Waals surface area contributed by atoms with E-state index < -0.39 is 0 Å². The predicted octanol–water partition coefficient (Wildman–Crippen LogP) is 2.93. The molecule has 0 fully saturated rings. The first kappa shape index (κ1) is 18.7. The Hall–Kier alpha value is -3.09. The fraction of sp³-hybridized carbons (Fsp3) is 0.350. The first-order valence-electron chi connectivity index (χ1n) is 8.44. The molecule has 2 aromatic rings. The fourth-order valence-corrected chi connectivity index (χ4v) is 3.29. The smallest absolute Gasteiger partial charge is 0.258 e. The van der Waals surface area contributed by atoms with Crippen LogP contribution in [0.4, 0.5) is 5.69 Å². The molecule has 0 saturated carbocycles. The Morgan fingerprint density at radius 3 is 1.85 bits per heavy atom. The lowest BCUT2D eigenvalue weighted by Gasteiger charge is -2.20. The number of fused-ring (bicyclic) bond motifs is 1. The number of carbonyl (C=O) groups excluding carboxylic acids is 1. The standard InChI is InChI=1S/C20H23NO6/c1-23-15-8-12-6-7-21(14(12)11-16(15)24-2)20(22)13-9-17(25-3)19(27-5)18(10-13)26-4/h8-11H,6-7H2,1-5H3. The Morgan fingerprint density at radius 1 is 0.778 bits per heavy atom. The van der Waals surface area contributed by atoms with Crippen molar-refractivity contribution in [3.8, 4) is 28.7 Å². The zero-order chi connectivity index (χ0) is 19.6. The van der Waals surface area contributed by atoms with Crippen LogP contribution in [-0.2, 0) is 6.42 Å². The van der Waals surface area contributed by atoms with Gasteiger partial charge in [0.15, 0.2) is 23.0 Å². The van der Waals surface area contributed by atoms with E-state index in [2.05, 4.69) is 0 Å². The molecule has 27 heavy (non-hydrogen) atoms. The van der Waals surface area contributed by atoms with Crippen molar-refractivity contribution in [2.45, 2.75) is 6.42 Å². The maximum Gasteiger partial charge on any atom is 0.258 e. The number of carbonyl (C=O) groups is 1. The van der Waals surface area contributed by atoms with Crippen LogP contribution in [0.15, 0.2) is 24.3 Å². The van der Waals surface area contributed by atoms with E-state index in [1.807, 2.05) is 12.1 Å². The highest BCUT2D eigenvalue weighted by Gasteiger charge is 2.29. The van der Waals surface area contributed by atoms with E-state index in [-0.39, 0.29) is 5.91 Å². The van der Waals surface area contributed by atoms with Crippen molar-refractivity contribution in [3.05, 3.63) is 35.4 Å². The molecule has 7 heteroatoms. The van der Waals surface area contributed by atoms with E-state index in [1.165, 1.54) is 21.3 Å². The van der Waals surface area contributed by atoms with E-state index >= 15 is 0 Å². The van der Waals surface area contributed by atoms with Gasteiger partial charge in [0.1, 0.15) is 0 Å². The number of rotatable bonds is 6. The summed E-state index contributed by atoms with van der Waals surface area (Å²) in [7, 11) is 7.74. The summed E-state index contributed by atoms with van der Waals surface area (Å²) < 4.78 is 26.8. The molecule has 0 unspecified atom stereocenters. The van der Waals surface area contributed by atoms with Crippen molar-refractivity contribution in [1.82, 2.24) is 0 Å². The summed E-state index contributed by atoms with van der Waals surface area (Å²) >= 11 is 0. The monoisotopic (exact) mass is 373 g/mol. The van der Waals surface area contributed by atoms with Crippen molar-refractivity contribution >= 4 is 11.6 Å². The Balaban J connectivity index is 2.02. The maximum atomic E-state index is 13.2. The molecule has 0 radical (unpaired) electrons. The molecule has 0 spiro atoms. The van der Waals surface area contributed by atoms with Crippen LogP contribution in [0, 0.1) is 0 Å². The first-order chi connectivity index (χ1) is 13.1. The number of amides is 1. The topological polar surface area (TPSA) is 66.5 Å². The van der Waals surface area contributed by atoms with Gasteiger partial charge in [0, 0.05) is 18.2 Å². The van der Waals surface area contributed by atoms with Gasteiger partial charge in [-0.2, -0.15) is 0 Å². The fourth-order valence-electron chi connectivity index (χ4n) is 3.29. The SMILES string of the molecule is COc1cc2c(cc1OC)N(C(=O)c1cc(OC)c(OC)c(OC)c1)CC2. The number of benzene rings is 2. The number of methoxy groups -OCH3 is 5. The van der Waals surface area contributed by atoms with Gasteiger partial charge in [-0.3, -0.25) is 4.79 Å². The van der Waals surface area contributed by atoms with E-state index in [9.17, 15) is 4.79 Å². The van der Waals surface area contributed by atoms with Gasteiger partial charge >= 0.3 is 0 Å². The Bertz CT molecular complexity index is 839. The largest absolute Gasteiger partial charge is 0.493 e. The van der Waals surface area contributed by atoms with Crippen LogP contribution < -0.4 is 28.6 Å². The van der Waals surface area contributed by atoms with Crippen molar-refractivity contribution in [2.75, 3.05) is 47.0 Å². The normalized spacial score (nSPS) is 12.4. The lowest BCUT2D eigenvalue weighted by molar-refractivity contribution is 0.0988. The molecule has 144 valence electrons. The molecule has 1 heterocycles. The van der Waals surface area contributed by atoms with Crippen LogP contribution in [0.3, 0.4) is 0 Å². The van der Waals surface area contributed by atoms with Crippen LogP contribution in [0.5, 0.6) is 28.7 Å². The van der Waals surface area contributed by atoms with Crippen LogP contribution >= 0.6 is 0 Å². The van der Waals surface area contributed by atoms with Gasteiger partial charge in [0.2, 0.25) is 5.75 Å². The highest BCUT2D eigenvalue weighted by molar-refractivity contribution is 6.08. The summed E-state index contributed by atoms with van der Waals surface area (Å²) in [6, 6.07) is 7.05. The minimum Gasteiger partial charge on any atom is -0.493 e. The first-order valence-corrected chi connectivity index (χ1v) is 8.44. The van der Waals surface area contributed by atoms with Gasteiger partial charge < -0.3 is 28.6 Å². The van der Waals surface area contributed by atoms with Gasteiger partial charge in [-0.15, -0.1) is 0 Å². The van der Waals surface area contributed by atoms with Gasteiger partial charge in [0.25, 0.3) is 5.91 Å². The van der Waals surface area contributed by atoms with Crippen molar-refractivity contribution in [3.63, 3.8) is 0 Å². The Labute approximate surface area is 158 Å². The summed E-state index contributed by atoms with van der Waals surface area (Å²) in [6.07, 6.45) is 0.742. The summed E-state index contributed by atoms with van der Waals surface area (Å²) in [5.74, 6) is 2.41. The lowest BCUT2D eigenvalue weighted by atomic mass is 10.1.